The predicted molar refractivity (Wildman–Crippen MR) is 34.3 cm³/mol. The van der Waals surface area contributed by atoms with Gasteiger partial charge in [-0.25, -0.2) is 0 Å². The van der Waals surface area contributed by atoms with E-state index in [4.69, 9.17) is 9.66 Å². The topological polar surface area (TPSA) is 74.6 Å². The van der Waals surface area contributed by atoms with Crippen LogP contribution in [-0.2, 0) is 10.1 Å². The molecule has 0 rings (SSSR count). The molecule has 0 aliphatic carbocycles. The van der Waals surface area contributed by atoms with Gasteiger partial charge in [-0.05, 0) is 0 Å². The first-order valence-electron chi connectivity index (χ1n) is 2.90. The third-order valence-electron chi connectivity index (χ3n) is 1.18. The third kappa shape index (κ3) is 3.31. The minimum absolute atomic E-state index is 0. The van der Waals surface area contributed by atoms with Crippen LogP contribution in [0.3, 0.4) is 0 Å². The van der Waals surface area contributed by atoms with Crippen molar-refractivity contribution in [1.82, 2.24) is 0 Å². The Kier molecular flexibility index (Phi) is 6.17. The second-order valence-corrected chi connectivity index (χ2v) is 3.63. The van der Waals surface area contributed by atoms with Gasteiger partial charge in [0.15, 0.2) is 0 Å². The Hall–Kier alpha value is 0.590. The van der Waals surface area contributed by atoms with E-state index in [-0.39, 0.29) is 31.0 Å². The maximum Gasteiger partial charge on any atom is 1.00 e. The molecule has 0 bridgehead atoms. The maximum absolute atomic E-state index is 12.2. The monoisotopic (exact) mass is 250 g/mol. The van der Waals surface area contributed by atoms with Crippen LogP contribution in [0.4, 0.5) is 17.6 Å². The summed E-state index contributed by atoms with van der Waals surface area (Å²) in [7, 11) is -6.18. The predicted octanol–water partition coefficient (Wildman–Crippen LogP) is -2.40. The van der Waals surface area contributed by atoms with Crippen molar-refractivity contribution in [2.75, 3.05) is 6.61 Å². The molecule has 10 heteroatoms. The molecule has 82 valence electrons. The third-order valence-corrected chi connectivity index (χ3v) is 2.12. The van der Waals surface area contributed by atoms with Crippen molar-refractivity contribution in [2.45, 2.75) is 17.6 Å². The van der Waals surface area contributed by atoms with E-state index in [1.807, 2.05) is 0 Å². The van der Waals surface area contributed by atoms with Gasteiger partial charge < -0.3 is 6.53 Å². The summed E-state index contributed by atoms with van der Waals surface area (Å²) in [6.45, 7) is -1.32. The number of alkyl halides is 4. The number of aliphatic hydroxyl groups excluding tert-OH is 1. The van der Waals surface area contributed by atoms with Crippen LogP contribution in [0.15, 0.2) is 0 Å². The smallest absolute Gasteiger partial charge is 1.00 e. The van der Waals surface area contributed by atoms with E-state index in [1.165, 1.54) is 0 Å². The molecule has 0 amide bonds. The zero-order valence-corrected chi connectivity index (χ0v) is 9.86. The molecule has 0 aromatic heterocycles. The Bertz CT molecular complexity index is 282. The minimum atomic E-state index is -6.18. The Morgan fingerprint density at radius 3 is 1.79 bits per heavy atom. The molecule has 2 N–H and O–H groups in total. The van der Waals surface area contributed by atoms with E-state index >= 15 is 0 Å². The fraction of sp³-hybridized carbons (Fsp3) is 1.00. The molecule has 0 saturated heterocycles. The standard InChI is InChI=1S/C4H6F4O4S.Na.H/c5-3(6,1-2-9)4(7,8)13(10,11)12;;/h9H,1-2H2,(H,10,11,12);;/q;+1;-1. The first-order valence-corrected chi connectivity index (χ1v) is 4.34. The molecule has 0 aromatic rings. The fourth-order valence-corrected chi connectivity index (χ4v) is 0.954. The van der Waals surface area contributed by atoms with Crippen LogP contribution in [0.1, 0.15) is 7.85 Å². The summed E-state index contributed by atoms with van der Waals surface area (Å²) in [5.74, 6) is -4.99. The van der Waals surface area contributed by atoms with E-state index in [0.717, 1.165) is 0 Å². The van der Waals surface area contributed by atoms with Gasteiger partial charge in [0.2, 0.25) is 0 Å². The van der Waals surface area contributed by atoms with Crippen molar-refractivity contribution in [1.29, 1.82) is 0 Å². The summed E-state index contributed by atoms with van der Waals surface area (Å²) in [6.07, 6.45) is -1.75. The van der Waals surface area contributed by atoms with E-state index in [2.05, 4.69) is 0 Å². The SMILES string of the molecule is O=S(=O)(O)C(F)(F)C(F)(F)CCO.[H-].[Na+]. The molecule has 0 radical (unpaired) electrons. The molecule has 0 saturated carbocycles. The number of aliphatic hydroxyl groups is 1. The molecule has 0 spiro atoms. The first kappa shape index (κ1) is 17.0. The van der Waals surface area contributed by atoms with Crippen LogP contribution in [-0.4, -0.2) is 35.9 Å². The zero-order chi connectivity index (χ0) is 10.9. The Morgan fingerprint density at radius 2 is 1.57 bits per heavy atom. The molecule has 0 unspecified atom stereocenters. The molecule has 4 nitrogen and oxygen atoms in total. The molecular formula is C4H7F4NaO4S. The van der Waals surface area contributed by atoms with Crippen molar-refractivity contribution >= 4 is 10.1 Å². The van der Waals surface area contributed by atoms with Crippen molar-refractivity contribution in [3.8, 4) is 0 Å². The molecule has 0 aromatic carbocycles. The summed E-state index contributed by atoms with van der Waals surface area (Å²) in [5, 5.41) is 2.36. The quantitative estimate of drug-likeness (QED) is 0.331. The van der Waals surface area contributed by atoms with Crippen LogP contribution in [0.25, 0.3) is 0 Å². The van der Waals surface area contributed by atoms with Crippen molar-refractivity contribution in [3.63, 3.8) is 0 Å². The van der Waals surface area contributed by atoms with Gasteiger partial charge >= 0.3 is 50.9 Å². The van der Waals surface area contributed by atoms with Crippen LogP contribution >= 0.6 is 0 Å². The number of hydrogen-bond acceptors (Lipinski definition) is 3. The number of halogens is 4. The molecule has 0 heterocycles. The molecule has 14 heavy (non-hydrogen) atoms. The van der Waals surface area contributed by atoms with Crippen molar-refractivity contribution in [2.24, 2.45) is 0 Å². The van der Waals surface area contributed by atoms with Gasteiger partial charge in [0, 0.05) is 13.0 Å². The second-order valence-electron chi connectivity index (χ2n) is 2.17. The van der Waals surface area contributed by atoms with Crippen LogP contribution in [0, 0.1) is 0 Å². The van der Waals surface area contributed by atoms with Gasteiger partial charge in [-0.1, -0.05) is 0 Å². The fourth-order valence-electron chi connectivity index (χ4n) is 0.475. The normalized spacial score (nSPS) is 13.6. The summed E-state index contributed by atoms with van der Waals surface area (Å²) < 4.78 is 76.3. The largest absolute Gasteiger partial charge is 1.00 e. The number of rotatable bonds is 4. The Balaban J connectivity index is -0.000000720. The molecule has 0 atom stereocenters. The van der Waals surface area contributed by atoms with Gasteiger partial charge in [0.25, 0.3) is 0 Å². The van der Waals surface area contributed by atoms with E-state index in [1.54, 1.807) is 0 Å². The Labute approximate surface area is 101 Å². The number of hydrogen-bond donors (Lipinski definition) is 2. The summed E-state index contributed by atoms with van der Waals surface area (Å²) >= 11 is 0. The molecule has 0 aliphatic rings. The first-order chi connectivity index (χ1) is 5.56. The van der Waals surface area contributed by atoms with Gasteiger partial charge in [0.1, 0.15) is 0 Å². The van der Waals surface area contributed by atoms with Gasteiger partial charge in [-0.15, -0.1) is 0 Å². The van der Waals surface area contributed by atoms with Gasteiger partial charge in [-0.3, -0.25) is 4.55 Å². The minimum Gasteiger partial charge on any atom is -1.00 e. The van der Waals surface area contributed by atoms with E-state index < -0.39 is 34.3 Å². The summed E-state index contributed by atoms with van der Waals surface area (Å²) in [6, 6.07) is 0. The van der Waals surface area contributed by atoms with Crippen LogP contribution in [0.5, 0.6) is 0 Å². The average molecular weight is 250 g/mol. The van der Waals surface area contributed by atoms with E-state index in [0.29, 0.717) is 0 Å². The van der Waals surface area contributed by atoms with Crippen LogP contribution < -0.4 is 29.6 Å². The zero-order valence-electron chi connectivity index (χ0n) is 8.05. The summed E-state index contributed by atoms with van der Waals surface area (Å²) in [5.41, 5.74) is 0. The summed E-state index contributed by atoms with van der Waals surface area (Å²) in [4.78, 5) is 0. The van der Waals surface area contributed by atoms with Crippen molar-refractivity contribution in [3.05, 3.63) is 0 Å². The van der Waals surface area contributed by atoms with Crippen molar-refractivity contribution < 1.29 is 66.6 Å². The van der Waals surface area contributed by atoms with Crippen LogP contribution in [0.2, 0.25) is 0 Å². The van der Waals surface area contributed by atoms with Gasteiger partial charge in [0.05, 0.1) is 0 Å². The Morgan fingerprint density at radius 1 is 1.21 bits per heavy atom. The van der Waals surface area contributed by atoms with Gasteiger partial charge in [-0.2, -0.15) is 26.0 Å². The molecule has 0 aliphatic heterocycles. The molecular weight excluding hydrogens is 243 g/mol. The van der Waals surface area contributed by atoms with E-state index in [9.17, 15) is 26.0 Å². The molecule has 0 fully saturated rings. The second kappa shape index (κ2) is 5.08. The maximum atomic E-state index is 12.2. The average Bonchev–Trinajstić information content (AvgIpc) is 1.84.